The third-order valence-corrected chi connectivity index (χ3v) is 2.23. The van der Waals surface area contributed by atoms with Gasteiger partial charge in [-0.1, -0.05) is 23.7 Å². The molecule has 0 aliphatic carbocycles. The van der Waals surface area contributed by atoms with E-state index < -0.39 is 12.0 Å². The van der Waals surface area contributed by atoms with Crippen LogP contribution in [0.5, 0.6) is 0 Å². The van der Waals surface area contributed by atoms with Gasteiger partial charge >= 0.3 is 5.97 Å². The molecule has 1 atom stereocenters. The van der Waals surface area contributed by atoms with E-state index in [2.05, 4.69) is 0 Å². The van der Waals surface area contributed by atoms with Gasteiger partial charge in [0, 0.05) is 5.02 Å². The van der Waals surface area contributed by atoms with Crippen LogP contribution < -0.4 is 5.73 Å². The molecule has 3 nitrogen and oxygen atoms in total. The van der Waals surface area contributed by atoms with Crippen molar-refractivity contribution in [2.24, 2.45) is 5.73 Å². The Morgan fingerprint density at radius 2 is 2.00 bits per heavy atom. The van der Waals surface area contributed by atoms with Crippen LogP contribution in [0.2, 0.25) is 5.02 Å². The minimum Gasteiger partial charge on any atom is -0.480 e. The highest BCUT2D eigenvalue weighted by Crippen LogP contribution is 2.11. The van der Waals surface area contributed by atoms with Crippen molar-refractivity contribution in [1.82, 2.24) is 0 Å². The molecular weight excluding hydrogens is 202 g/mol. The van der Waals surface area contributed by atoms with Gasteiger partial charge in [0.05, 0.1) is 0 Å². The normalized spacial score (nSPS) is 12.4. The lowest BCUT2D eigenvalue weighted by atomic mass is 10.1. The number of aryl methyl sites for hydroxylation is 1. The molecule has 0 unspecified atom stereocenters. The first-order chi connectivity index (χ1) is 6.59. The monoisotopic (exact) mass is 213 g/mol. The molecule has 76 valence electrons. The van der Waals surface area contributed by atoms with E-state index in [1.54, 1.807) is 12.1 Å². The van der Waals surface area contributed by atoms with E-state index in [4.69, 9.17) is 22.4 Å². The maximum atomic E-state index is 10.4. The zero-order chi connectivity index (χ0) is 10.6. The molecule has 0 aliphatic heterocycles. The molecule has 0 aromatic heterocycles. The highest BCUT2D eigenvalue weighted by atomic mass is 35.5. The number of rotatable bonds is 4. The highest BCUT2D eigenvalue weighted by molar-refractivity contribution is 6.30. The average molecular weight is 214 g/mol. The molecule has 0 fully saturated rings. The number of aliphatic carboxylic acids is 1. The van der Waals surface area contributed by atoms with Gasteiger partial charge < -0.3 is 10.8 Å². The number of carboxylic acids is 1. The molecule has 0 radical (unpaired) electrons. The van der Waals surface area contributed by atoms with Crippen molar-refractivity contribution in [3.8, 4) is 0 Å². The second-order valence-corrected chi connectivity index (χ2v) is 3.55. The zero-order valence-electron chi connectivity index (χ0n) is 7.61. The van der Waals surface area contributed by atoms with Crippen molar-refractivity contribution in [3.05, 3.63) is 34.9 Å². The maximum absolute atomic E-state index is 10.4. The van der Waals surface area contributed by atoms with Crippen molar-refractivity contribution < 1.29 is 9.90 Å². The number of hydrogen-bond donors (Lipinski definition) is 2. The van der Waals surface area contributed by atoms with E-state index in [1.807, 2.05) is 12.1 Å². The van der Waals surface area contributed by atoms with E-state index in [0.29, 0.717) is 17.9 Å². The molecule has 1 aromatic rings. The summed E-state index contributed by atoms with van der Waals surface area (Å²) in [7, 11) is 0. The molecule has 0 saturated carbocycles. The molecule has 3 N–H and O–H groups in total. The van der Waals surface area contributed by atoms with Gasteiger partial charge in [-0.3, -0.25) is 4.79 Å². The Hall–Kier alpha value is -1.06. The van der Waals surface area contributed by atoms with Gasteiger partial charge in [-0.15, -0.1) is 0 Å². The Kier molecular flexibility index (Phi) is 3.92. The van der Waals surface area contributed by atoms with Crippen LogP contribution >= 0.6 is 11.6 Å². The molecule has 1 rings (SSSR count). The Morgan fingerprint density at radius 1 is 1.43 bits per heavy atom. The van der Waals surface area contributed by atoms with E-state index >= 15 is 0 Å². The number of benzene rings is 1. The number of carboxylic acid groups (broad SMARTS) is 1. The maximum Gasteiger partial charge on any atom is 0.320 e. The van der Waals surface area contributed by atoms with Crippen LogP contribution in [-0.4, -0.2) is 17.1 Å². The van der Waals surface area contributed by atoms with Gasteiger partial charge in [0.15, 0.2) is 0 Å². The quantitative estimate of drug-likeness (QED) is 0.800. The lowest BCUT2D eigenvalue weighted by Crippen LogP contribution is -2.30. The van der Waals surface area contributed by atoms with E-state index in [-0.39, 0.29) is 0 Å². The summed E-state index contributed by atoms with van der Waals surface area (Å²) in [6.07, 6.45) is 1.10. The van der Waals surface area contributed by atoms with Gasteiger partial charge in [0.1, 0.15) is 6.04 Å². The van der Waals surface area contributed by atoms with Crippen LogP contribution in [0.15, 0.2) is 24.3 Å². The van der Waals surface area contributed by atoms with Crippen molar-refractivity contribution in [2.45, 2.75) is 18.9 Å². The molecule has 0 bridgehead atoms. The van der Waals surface area contributed by atoms with Crippen LogP contribution in [0.3, 0.4) is 0 Å². The smallest absolute Gasteiger partial charge is 0.320 e. The largest absolute Gasteiger partial charge is 0.480 e. The Labute approximate surface area is 87.5 Å². The average Bonchev–Trinajstić information content (AvgIpc) is 2.16. The summed E-state index contributed by atoms with van der Waals surface area (Å²) in [5, 5.41) is 9.24. The summed E-state index contributed by atoms with van der Waals surface area (Å²) in [6.45, 7) is 0. The first-order valence-corrected chi connectivity index (χ1v) is 4.70. The van der Waals surface area contributed by atoms with Crippen LogP contribution in [0.25, 0.3) is 0 Å². The third-order valence-electron chi connectivity index (χ3n) is 1.97. The lowest BCUT2D eigenvalue weighted by Gasteiger charge is -2.05. The Bertz CT molecular complexity index is 310. The Balaban J connectivity index is 2.46. The first-order valence-electron chi connectivity index (χ1n) is 4.32. The second-order valence-electron chi connectivity index (χ2n) is 3.11. The molecule has 14 heavy (non-hydrogen) atoms. The van der Waals surface area contributed by atoms with Crippen molar-refractivity contribution >= 4 is 17.6 Å². The minimum absolute atomic E-state index is 0.441. The summed E-state index contributed by atoms with van der Waals surface area (Å²) in [6, 6.07) is 6.52. The molecule has 4 heteroatoms. The molecule has 0 spiro atoms. The topological polar surface area (TPSA) is 63.3 Å². The van der Waals surface area contributed by atoms with Crippen LogP contribution in [0.4, 0.5) is 0 Å². The molecule has 0 aliphatic rings. The third kappa shape index (κ3) is 3.36. The van der Waals surface area contributed by atoms with Gasteiger partial charge in [-0.2, -0.15) is 0 Å². The van der Waals surface area contributed by atoms with Crippen molar-refractivity contribution in [1.29, 1.82) is 0 Å². The minimum atomic E-state index is -0.959. The predicted octanol–water partition coefficient (Wildman–Crippen LogP) is 1.68. The Morgan fingerprint density at radius 3 is 2.50 bits per heavy atom. The standard InChI is InChI=1S/C10H12ClNO2/c11-8-4-1-7(2-5-8)3-6-9(12)10(13)14/h1-2,4-5,9H,3,6,12H2,(H,13,14)/t9-/m0/s1. The van der Waals surface area contributed by atoms with Gasteiger partial charge in [0.25, 0.3) is 0 Å². The van der Waals surface area contributed by atoms with E-state index in [1.165, 1.54) is 0 Å². The molecule has 0 saturated heterocycles. The summed E-state index contributed by atoms with van der Waals surface area (Å²) in [5.74, 6) is -0.959. The number of carbonyl (C=O) groups is 1. The fourth-order valence-electron chi connectivity index (χ4n) is 1.10. The fourth-order valence-corrected chi connectivity index (χ4v) is 1.22. The van der Waals surface area contributed by atoms with Gasteiger partial charge in [-0.05, 0) is 30.5 Å². The number of hydrogen-bond acceptors (Lipinski definition) is 2. The van der Waals surface area contributed by atoms with Crippen LogP contribution in [0, 0.1) is 0 Å². The molecular formula is C10H12ClNO2. The highest BCUT2D eigenvalue weighted by Gasteiger charge is 2.10. The summed E-state index contributed by atoms with van der Waals surface area (Å²) < 4.78 is 0. The van der Waals surface area contributed by atoms with Crippen LogP contribution in [0.1, 0.15) is 12.0 Å². The SMILES string of the molecule is N[C@@H](CCc1ccc(Cl)cc1)C(=O)O. The van der Waals surface area contributed by atoms with Crippen molar-refractivity contribution in [3.63, 3.8) is 0 Å². The second kappa shape index (κ2) is 4.98. The van der Waals surface area contributed by atoms with Crippen molar-refractivity contribution in [2.75, 3.05) is 0 Å². The molecule has 0 amide bonds. The van der Waals surface area contributed by atoms with E-state index in [9.17, 15) is 4.79 Å². The lowest BCUT2D eigenvalue weighted by molar-refractivity contribution is -0.138. The molecule has 1 aromatic carbocycles. The van der Waals surface area contributed by atoms with Gasteiger partial charge in [-0.25, -0.2) is 0 Å². The van der Waals surface area contributed by atoms with E-state index in [0.717, 1.165) is 5.56 Å². The zero-order valence-corrected chi connectivity index (χ0v) is 8.37. The van der Waals surface area contributed by atoms with Gasteiger partial charge in [0.2, 0.25) is 0 Å². The first kappa shape index (κ1) is 11.0. The number of halogens is 1. The summed E-state index contributed by atoms with van der Waals surface area (Å²) >= 11 is 5.71. The molecule has 0 heterocycles. The summed E-state index contributed by atoms with van der Waals surface area (Å²) in [4.78, 5) is 10.4. The number of nitrogens with two attached hydrogens (primary N) is 1. The fraction of sp³-hybridized carbons (Fsp3) is 0.300. The van der Waals surface area contributed by atoms with Crippen LogP contribution in [-0.2, 0) is 11.2 Å². The summed E-state index contributed by atoms with van der Waals surface area (Å²) in [5.41, 5.74) is 6.42. The predicted molar refractivity (Wildman–Crippen MR) is 55.4 cm³/mol.